The summed E-state index contributed by atoms with van der Waals surface area (Å²) < 4.78 is 18.8. The average Bonchev–Trinajstić information content (AvgIpc) is 2.85. The Morgan fingerprint density at radius 2 is 1.86 bits per heavy atom. The number of nitrogens with zero attached hydrogens (tertiary/aromatic N) is 1. The summed E-state index contributed by atoms with van der Waals surface area (Å²) in [5, 5.41) is 22.3. The van der Waals surface area contributed by atoms with Gasteiger partial charge in [-0.1, -0.05) is 49.4 Å². The Kier molecular flexibility index (Phi) is 6.93. The van der Waals surface area contributed by atoms with Crippen LogP contribution >= 0.6 is 0 Å². The molecule has 2 aromatic carbocycles. The van der Waals surface area contributed by atoms with Crippen molar-refractivity contribution in [1.82, 2.24) is 4.90 Å². The number of carbonyl (C=O) groups excluding carboxylic acids is 1. The molecule has 36 heavy (non-hydrogen) atoms. The smallest absolute Gasteiger partial charge is 0.318 e. The molecular formula is C30H32FNO4. The van der Waals surface area contributed by atoms with E-state index in [2.05, 4.69) is 17.0 Å². The molecule has 1 saturated heterocycles. The first-order valence-corrected chi connectivity index (χ1v) is 12.7. The molecule has 2 unspecified atom stereocenters. The third kappa shape index (κ3) is 5.21. The van der Waals surface area contributed by atoms with E-state index in [4.69, 9.17) is 4.74 Å². The number of esters is 1. The van der Waals surface area contributed by atoms with Crippen LogP contribution in [0.15, 0.2) is 89.2 Å². The van der Waals surface area contributed by atoms with Gasteiger partial charge in [0.25, 0.3) is 0 Å². The Labute approximate surface area is 211 Å². The molecule has 0 saturated carbocycles. The first-order valence-electron chi connectivity index (χ1n) is 12.7. The van der Waals surface area contributed by atoms with Crippen molar-refractivity contribution in [2.45, 2.75) is 44.9 Å². The van der Waals surface area contributed by atoms with Gasteiger partial charge in [-0.3, -0.25) is 9.69 Å². The van der Waals surface area contributed by atoms with Gasteiger partial charge < -0.3 is 14.9 Å². The number of allylic oxidation sites excluding steroid dienone is 2. The second-order valence-corrected chi connectivity index (χ2v) is 10.2. The maximum atomic E-state index is 13.1. The lowest BCUT2D eigenvalue weighted by molar-refractivity contribution is -0.147. The third-order valence-corrected chi connectivity index (χ3v) is 7.48. The topological polar surface area (TPSA) is 70.0 Å². The average molecular weight is 490 g/mol. The number of benzene rings is 2. The summed E-state index contributed by atoms with van der Waals surface area (Å²) >= 11 is 0. The lowest BCUT2D eigenvalue weighted by Gasteiger charge is -2.41. The summed E-state index contributed by atoms with van der Waals surface area (Å²) in [6.07, 6.45) is 6.34. The van der Waals surface area contributed by atoms with E-state index >= 15 is 0 Å². The van der Waals surface area contributed by atoms with Crippen LogP contribution < -0.4 is 0 Å². The fourth-order valence-corrected chi connectivity index (χ4v) is 5.53. The molecule has 5 nitrogen and oxygen atoms in total. The van der Waals surface area contributed by atoms with Crippen LogP contribution in [0.4, 0.5) is 4.39 Å². The van der Waals surface area contributed by atoms with Gasteiger partial charge in [-0.25, -0.2) is 4.39 Å². The highest BCUT2D eigenvalue weighted by Crippen LogP contribution is 2.44. The van der Waals surface area contributed by atoms with Crippen molar-refractivity contribution in [3.63, 3.8) is 0 Å². The van der Waals surface area contributed by atoms with Crippen molar-refractivity contribution in [2.24, 2.45) is 11.8 Å². The Morgan fingerprint density at radius 1 is 1.11 bits per heavy atom. The minimum Gasteiger partial charge on any atom is -0.426 e. The SMILES string of the molecule is CC(CCCc1ccc(F)cc1)C1=CC(O)(O)C2=C3CN(Cc4ccccc4)CCC3C(=O)OC2=C1. The van der Waals surface area contributed by atoms with E-state index in [1.165, 1.54) is 23.8 Å². The van der Waals surface area contributed by atoms with Gasteiger partial charge in [-0.2, -0.15) is 0 Å². The lowest BCUT2D eigenvalue weighted by Crippen LogP contribution is -2.46. The molecule has 2 heterocycles. The van der Waals surface area contributed by atoms with Gasteiger partial charge in [0.05, 0.1) is 11.5 Å². The molecule has 2 aromatic rings. The standard InChI is InChI=1S/C30H32FNO4/c1-20(6-5-9-21-10-12-24(31)13-11-21)23-16-27-28(30(34,35)17-23)26-19-32(15-14-25(26)29(33)36-27)18-22-7-3-2-4-8-22/h2-4,7-8,10-13,16-17,20,25,34-35H,5-6,9,14-15,18-19H2,1H3. The van der Waals surface area contributed by atoms with E-state index in [0.29, 0.717) is 18.5 Å². The van der Waals surface area contributed by atoms with Crippen molar-refractivity contribution in [3.05, 3.63) is 106 Å². The normalized spacial score (nSPS) is 22.2. The Balaban J connectivity index is 1.33. The minimum absolute atomic E-state index is 0.0283. The van der Waals surface area contributed by atoms with Gasteiger partial charge in [-0.05, 0) is 84.7 Å². The lowest BCUT2D eigenvalue weighted by atomic mass is 9.78. The highest BCUT2D eigenvalue weighted by atomic mass is 19.1. The zero-order valence-corrected chi connectivity index (χ0v) is 20.5. The molecule has 0 amide bonds. The summed E-state index contributed by atoms with van der Waals surface area (Å²) in [5.41, 5.74) is 4.03. The monoisotopic (exact) mass is 489 g/mol. The minimum atomic E-state index is -2.20. The van der Waals surface area contributed by atoms with E-state index < -0.39 is 11.7 Å². The molecule has 5 rings (SSSR count). The maximum absolute atomic E-state index is 13.1. The number of likely N-dealkylation sites (tertiary alicyclic amines) is 1. The maximum Gasteiger partial charge on any atom is 0.318 e. The van der Waals surface area contributed by atoms with Gasteiger partial charge in [0.2, 0.25) is 5.79 Å². The molecule has 2 atom stereocenters. The first kappa shape index (κ1) is 24.6. The number of fused-ring (bicyclic) bond motifs is 2. The van der Waals surface area contributed by atoms with Gasteiger partial charge >= 0.3 is 5.97 Å². The van der Waals surface area contributed by atoms with Gasteiger partial charge in [-0.15, -0.1) is 0 Å². The number of carbonyl (C=O) groups is 1. The van der Waals surface area contributed by atoms with Crippen molar-refractivity contribution in [3.8, 4) is 0 Å². The molecule has 2 N–H and O–H groups in total. The van der Waals surface area contributed by atoms with Crippen LogP contribution in [0.1, 0.15) is 37.3 Å². The van der Waals surface area contributed by atoms with Crippen LogP contribution in [0.2, 0.25) is 0 Å². The summed E-state index contributed by atoms with van der Waals surface area (Å²) in [7, 11) is 0. The molecular weight excluding hydrogens is 457 g/mol. The Morgan fingerprint density at radius 3 is 2.61 bits per heavy atom. The summed E-state index contributed by atoms with van der Waals surface area (Å²) in [4.78, 5) is 15.1. The van der Waals surface area contributed by atoms with Crippen LogP contribution in [-0.4, -0.2) is 40.0 Å². The molecule has 1 fully saturated rings. The molecule has 0 radical (unpaired) electrons. The van der Waals surface area contributed by atoms with E-state index in [1.54, 1.807) is 18.2 Å². The fourth-order valence-electron chi connectivity index (χ4n) is 5.53. The molecule has 6 heteroatoms. The zero-order valence-electron chi connectivity index (χ0n) is 20.5. The van der Waals surface area contributed by atoms with Crippen LogP contribution in [0, 0.1) is 17.7 Å². The predicted octanol–water partition coefficient (Wildman–Crippen LogP) is 4.66. The van der Waals surface area contributed by atoms with Crippen LogP contribution in [0.25, 0.3) is 0 Å². The molecule has 0 spiro atoms. The highest BCUT2D eigenvalue weighted by molar-refractivity contribution is 5.81. The zero-order chi connectivity index (χ0) is 25.3. The van der Waals surface area contributed by atoms with Gasteiger partial charge in [0, 0.05) is 13.1 Å². The van der Waals surface area contributed by atoms with Crippen LogP contribution in [-0.2, 0) is 22.5 Å². The molecule has 3 aliphatic rings. The second-order valence-electron chi connectivity index (χ2n) is 10.2. The van der Waals surface area contributed by atoms with Crippen molar-refractivity contribution in [2.75, 3.05) is 13.1 Å². The van der Waals surface area contributed by atoms with Gasteiger partial charge in [0.1, 0.15) is 11.6 Å². The molecule has 2 aliphatic heterocycles. The largest absolute Gasteiger partial charge is 0.426 e. The summed E-state index contributed by atoms with van der Waals surface area (Å²) in [6, 6.07) is 16.6. The molecule has 1 aliphatic carbocycles. The van der Waals surface area contributed by atoms with Crippen molar-refractivity contribution in [1.29, 1.82) is 0 Å². The van der Waals surface area contributed by atoms with Crippen molar-refractivity contribution >= 4 is 5.97 Å². The summed E-state index contributed by atoms with van der Waals surface area (Å²) in [6.45, 7) is 3.98. The highest BCUT2D eigenvalue weighted by Gasteiger charge is 2.46. The van der Waals surface area contributed by atoms with E-state index in [-0.39, 0.29) is 23.5 Å². The molecule has 0 bridgehead atoms. The molecule has 188 valence electrons. The van der Waals surface area contributed by atoms with Crippen LogP contribution in [0.5, 0.6) is 0 Å². The van der Waals surface area contributed by atoms with E-state index in [9.17, 15) is 19.4 Å². The number of hydrogen-bond donors (Lipinski definition) is 2. The number of piperidine rings is 1. The molecule has 0 aromatic heterocycles. The van der Waals surface area contributed by atoms with E-state index in [1.807, 2.05) is 25.1 Å². The third-order valence-electron chi connectivity index (χ3n) is 7.48. The number of aryl methyl sites for hydroxylation is 1. The number of rotatable bonds is 7. The number of halogens is 1. The predicted molar refractivity (Wildman–Crippen MR) is 135 cm³/mol. The van der Waals surface area contributed by atoms with E-state index in [0.717, 1.165) is 49.1 Å². The number of hydrogen-bond acceptors (Lipinski definition) is 5. The number of aliphatic hydroxyl groups is 2. The quantitative estimate of drug-likeness (QED) is 0.437. The van der Waals surface area contributed by atoms with Crippen LogP contribution in [0.3, 0.4) is 0 Å². The Bertz CT molecular complexity index is 1210. The summed E-state index contributed by atoms with van der Waals surface area (Å²) in [5.74, 6) is -2.94. The number of ether oxygens (including phenoxy) is 1. The second kappa shape index (κ2) is 10.1. The fraction of sp³-hybridized carbons (Fsp3) is 0.367. The van der Waals surface area contributed by atoms with Gasteiger partial charge in [0.15, 0.2) is 0 Å². The Hall–Kier alpha value is -3.06. The van der Waals surface area contributed by atoms with Crippen molar-refractivity contribution < 1.29 is 24.1 Å². The first-order chi connectivity index (χ1) is 17.3.